The minimum absolute atomic E-state index is 0.458. The first kappa shape index (κ1) is 11.4. The topological polar surface area (TPSA) is 9.23 Å². The molecule has 0 spiro atoms. The Balaban J connectivity index is 1.65. The van der Waals surface area contributed by atoms with E-state index in [0.717, 1.165) is 43.1 Å². The second kappa shape index (κ2) is 3.92. The molecule has 0 saturated heterocycles. The predicted molar refractivity (Wildman–Crippen MR) is 55.8 cm³/mol. The lowest BCUT2D eigenvalue weighted by molar-refractivity contribution is -0.164. The molecule has 4 saturated carbocycles. The van der Waals surface area contributed by atoms with Crippen LogP contribution in [0.1, 0.15) is 32.1 Å². The summed E-state index contributed by atoms with van der Waals surface area (Å²) in [7, 11) is 0. The van der Waals surface area contributed by atoms with Crippen molar-refractivity contribution in [2.45, 2.75) is 38.3 Å². The highest BCUT2D eigenvalue weighted by molar-refractivity contribution is 5.16. The molecule has 4 bridgehead atoms. The van der Waals surface area contributed by atoms with Crippen molar-refractivity contribution in [1.29, 1.82) is 0 Å². The predicted octanol–water partition coefficient (Wildman–Crippen LogP) is 3.71. The summed E-state index contributed by atoms with van der Waals surface area (Å²) in [6.07, 6.45) is 4.28. The normalized spacial score (nSPS) is 39.6. The van der Waals surface area contributed by atoms with Crippen LogP contribution in [0, 0.1) is 29.9 Å². The van der Waals surface area contributed by atoms with Gasteiger partial charge in [0.25, 0.3) is 0 Å². The van der Waals surface area contributed by atoms with Gasteiger partial charge in [-0.25, -0.2) is 0 Å². The van der Waals surface area contributed by atoms with Crippen LogP contribution in [0.15, 0.2) is 5.57 Å². The molecular weight excluding hydrogens is 229 g/mol. The van der Waals surface area contributed by atoms with Crippen molar-refractivity contribution in [2.24, 2.45) is 23.7 Å². The van der Waals surface area contributed by atoms with Crippen molar-refractivity contribution in [2.75, 3.05) is 6.61 Å². The van der Waals surface area contributed by atoms with Crippen molar-refractivity contribution in [3.8, 4) is 0 Å². The van der Waals surface area contributed by atoms with Crippen molar-refractivity contribution in [3.05, 3.63) is 11.8 Å². The standard InChI is InChI=1S/C13H16F3O/c14-13(15,16)7-17-6-12-10-2-8-1-9(4-10)5-11(12)3-8/h8-11H,1-5,7H2. The summed E-state index contributed by atoms with van der Waals surface area (Å²) in [5, 5.41) is 0. The van der Waals surface area contributed by atoms with E-state index in [2.05, 4.69) is 11.0 Å². The lowest BCUT2D eigenvalue weighted by atomic mass is 9.54. The minimum atomic E-state index is -4.25. The van der Waals surface area contributed by atoms with E-state index in [0.29, 0.717) is 11.8 Å². The van der Waals surface area contributed by atoms with Crippen LogP contribution in [-0.4, -0.2) is 12.8 Å². The van der Waals surface area contributed by atoms with Crippen LogP contribution in [0.3, 0.4) is 0 Å². The second-order valence-electron chi connectivity index (χ2n) is 5.77. The molecule has 4 aliphatic rings. The Labute approximate surface area is 99.0 Å². The Hall–Kier alpha value is -0.670. The highest BCUT2D eigenvalue weighted by Gasteiger charge is 2.45. The second-order valence-corrected chi connectivity index (χ2v) is 5.77. The molecule has 0 amide bonds. The van der Waals surface area contributed by atoms with Crippen LogP contribution in [0.4, 0.5) is 13.2 Å². The maximum absolute atomic E-state index is 12.0. The average molecular weight is 245 g/mol. The Morgan fingerprint density at radius 3 is 2.00 bits per heavy atom. The van der Waals surface area contributed by atoms with Gasteiger partial charge in [-0.15, -0.1) is 0 Å². The van der Waals surface area contributed by atoms with E-state index < -0.39 is 12.8 Å². The number of hydrogen-bond acceptors (Lipinski definition) is 1. The van der Waals surface area contributed by atoms with Crippen LogP contribution >= 0.6 is 0 Å². The summed E-state index contributed by atoms with van der Waals surface area (Å²) in [5.74, 6) is 2.54. The van der Waals surface area contributed by atoms with Gasteiger partial charge in [0, 0.05) is 0 Å². The van der Waals surface area contributed by atoms with E-state index in [9.17, 15) is 13.2 Å². The van der Waals surface area contributed by atoms with Crippen LogP contribution in [0.25, 0.3) is 0 Å². The summed E-state index contributed by atoms with van der Waals surface area (Å²) in [6, 6.07) is 0. The van der Waals surface area contributed by atoms with Gasteiger partial charge in [0.2, 0.25) is 0 Å². The van der Waals surface area contributed by atoms with E-state index in [-0.39, 0.29) is 0 Å². The molecule has 0 atom stereocenters. The lowest BCUT2D eigenvalue weighted by Crippen LogP contribution is -2.40. The third kappa shape index (κ3) is 2.31. The number of hydrogen-bond donors (Lipinski definition) is 0. The zero-order chi connectivity index (χ0) is 12.0. The molecule has 4 rings (SSSR count). The molecule has 0 aromatic rings. The van der Waals surface area contributed by atoms with Gasteiger partial charge in [-0.1, -0.05) is 0 Å². The third-order valence-electron chi connectivity index (χ3n) is 4.44. The van der Waals surface area contributed by atoms with Gasteiger partial charge in [0.1, 0.15) is 0 Å². The summed E-state index contributed by atoms with van der Waals surface area (Å²) in [5.41, 5.74) is 1.04. The van der Waals surface area contributed by atoms with Crippen molar-refractivity contribution >= 4 is 0 Å². The monoisotopic (exact) mass is 245 g/mol. The van der Waals surface area contributed by atoms with Gasteiger partial charge in [0.05, 0.1) is 0 Å². The van der Waals surface area contributed by atoms with Crippen LogP contribution < -0.4 is 0 Å². The van der Waals surface area contributed by atoms with Crippen molar-refractivity contribution in [3.63, 3.8) is 0 Å². The van der Waals surface area contributed by atoms with Crippen LogP contribution in [-0.2, 0) is 4.74 Å². The molecule has 4 fully saturated rings. The molecular formula is C13H16F3O. The molecule has 17 heavy (non-hydrogen) atoms. The molecule has 95 valence electrons. The van der Waals surface area contributed by atoms with E-state index in [1.807, 2.05) is 0 Å². The van der Waals surface area contributed by atoms with Gasteiger partial charge in [-0.3, -0.25) is 0 Å². The molecule has 1 nitrogen and oxygen atoms in total. The Morgan fingerprint density at radius 2 is 1.53 bits per heavy atom. The largest absolute Gasteiger partial charge is 0.480 e. The molecule has 0 N–H and O–H groups in total. The third-order valence-corrected chi connectivity index (χ3v) is 4.44. The fourth-order valence-corrected chi connectivity index (χ4v) is 4.06. The molecule has 0 aromatic carbocycles. The number of rotatable bonds is 2. The molecule has 1 radical (unpaired) electrons. The number of allylic oxidation sites excluding steroid dienone is 1. The molecule has 0 aliphatic heterocycles. The zero-order valence-corrected chi connectivity index (χ0v) is 9.59. The molecule has 4 aliphatic carbocycles. The van der Waals surface area contributed by atoms with Gasteiger partial charge in [0.15, 0.2) is 12.9 Å². The molecule has 0 unspecified atom stereocenters. The first-order valence-corrected chi connectivity index (χ1v) is 6.32. The molecule has 0 aromatic heterocycles. The fourth-order valence-electron chi connectivity index (χ4n) is 4.06. The number of ether oxygens (including phenoxy) is 1. The van der Waals surface area contributed by atoms with Gasteiger partial charge < -0.3 is 4.74 Å². The average Bonchev–Trinajstić information content (AvgIpc) is 2.19. The smallest absolute Gasteiger partial charge is 0.422 e. The van der Waals surface area contributed by atoms with Gasteiger partial charge >= 0.3 is 6.18 Å². The van der Waals surface area contributed by atoms with E-state index in [1.165, 1.54) is 6.42 Å². The van der Waals surface area contributed by atoms with Gasteiger partial charge in [-0.05, 0) is 61.3 Å². The minimum Gasteiger partial charge on any atom is -0.480 e. The van der Waals surface area contributed by atoms with Crippen LogP contribution in [0.2, 0.25) is 0 Å². The fraction of sp³-hybridized carbons (Fsp3) is 0.846. The first-order chi connectivity index (χ1) is 8.01. The Morgan fingerprint density at radius 1 is 1.00 bits per heavy atom. The SMILES string of the molecule is FC(F)(F)CO[C]=C1C2CC3CC(C2)CC1C3. The quantitative estimate of drug-likeness (QED) is 0.674. The van der Waals surface area contributed by atoms with Crippen LogP contribution in [0.5, 0.6) is 0 Å². The maximum Gasteiger partial charge on any atom is 0.422 e. The lowest BCUT2D eigenvalue weighted by Gasteiger charge is -2.50. The Bertz CT molecular complexity index is 302. The zero-order valence-electron chi connectivity index (χ0n) is 9.59. The summed E-state index contributed by atoms with van der Waals surface area (Å²) >= 11 is 0. The highest BCUT2D eigenvalue weighted by Crippen LogP contribution is 2.56. The first-order valence-electron chi connectivity index (χ1n) is 6.32. The highest BCUT2D eigenvalue weighted by atomic mass is 19.4. The van der Waals surface area contributed by atoms with Gasteiger partial charge in [-0.2, -0.15) is 13.2 Å². The Kier molecular flexibility index (Phi) is 2.64. The van der Waals surface area contributed by atoms with E-state index in [4.69, 9.17) is 0 Å². The summed E-state index contributed by atoms with van der Waals surface area (Å²) in [4.78, 5) is 0. The molecule has 4 heteroatoms. The van der Waals surface area contributed by atoms with E-state index in [1.54, 1.807) is 0 Å². The molecule has 0 heterocycles. The summed E-state index contributed by atoms with van der Waals surface area (Å²) < 4.78 is 40.6. The number of halogens is 3. The van der Waals surface area contributed by atoms with Crippen molar-refractivity contribution < 1.29 is 17.9 Å². The summed E-state index contributed by atoms with van der Waals surface area (Å²) in [6.45, 7) is -1.21. The number of alkyl halides is 3. The van der Waals surface area contributed by atoms with Crippen molar-refractivity contribution in [1.82, 2.24) is 0 Å². The maximum atomic E-state index is 12.0. The van der Waals surface area contributed by atoms with E-state index >= 15 is 0 Å².